The van der Waals surface area contributed by atoms with Gasteiger partial charge in [0.2, 0.25) is 0 Å². The lowest BCUT2D eigenvalue weighted by molar-refractivity contribution is 0.215. The van der Waals surface area contributed by atoms with Gasteiger partial charge in [-0.25, -0.2) is 22.1 Å². The second kappa shape index (κ2) is 10.3. The van der Waals surface area contributed by atoms with Gasteiger partial charge in [-0.3, -0.25) is 0 Å². The number of aliphatic hydroxyl groups excluding tert-OH is 1. The van der Waals surface area contributed by atoms with Gasteiger partial charge < -0.3 is 15.8 Å². The zero-order valence-corrected chi connectivity index (χ0v) is 25.1. The molecule has 4 heterocycles. The van der Waals surface area contributed by atoms with E-state index in [1.54, 1.807) is 59.5 Å². The van der Waals surface area contributed by atoms with Gasteiger partial charge in [-0.15, -0.1) is 0 Å². The molecule has 0 fully saturated rings. The Morgan fingerprint density at radius 1 is 0.977 bits per heavy atom. The van der Waals surface area contributed by atoms with Crippen molar-refractivity contribution in [3.8, 4) is 11.1 Å². The molecule has 3 atom stereocenters. The normalized spacial score (nSPS) is 17.2. The number of aryl methyl sites for hydroxylation is 2. The summed E-state index contributed by atoms with van der Waals surface area (Å²) in [6, 6.07) is 15.3. The number of imidazole rings is 1. The number of hydrogen-bond donors (Lipinski definition) is 3. The molecule has 44 heavy (non-hydrogen) atoms. The van der Waals surface area contributed by atoms with Crippen LogP contribution in [-0.4, -0.2) is 47.4 Å². The van der Waals surface area contributed by atoms with Crippen molar-refractivity contribution in [3.05, 3.63) is 107 Å². The van der Waals surface area contributed by atoms with Crippen LogP contribution in [0.3, 0.4) is 0 Å². The molecule has 4 aromatic heterocycles. The maximum Gasteiger partial charge on any atom is 0.268 e. The molecule has 0 aliphatic heterocycles. The molecule has 0 radical (unpaired) electrons. The molecule has 1 aliphatic rings. The van der Waals surface area contributed by atoms with E-state index in [0.717, 1.165) is 33.2 Å². The average Bonchev–Trinajstić information content (AvgIpc) is 3.70. The second-order valence-corrected chi connectivity index (χ2v) is 13.0. The second-order valence-electron chi connectivity index (χ2n) is 11.2. The molecule has 0 spiro atoms. The van der Waals surface area contributed by atoms with Crippen LogP contribution in [-0.2, 0) is 10.0 Å². The van der Waals surface area contributed by atoms with Crippen LogP contribution in [0.15, 0.2) is 78.1 Å². The van der Waals surface area contributed by atoms with E-state index in [-0.39, 0.29) is 28.4 Å². The van der Waals surface area contributed by atoms with Crippen LogP contribution in [0.5, 0.6) is 0 Å². The molecule has 0 saturated carbocycles. The first kappa shape index (κ1) is 27.7. The van der Waals surface area contributed by atoms with Gasteiger partial charge in [0, 0.05) is 22.4 Å². The molecule has 0 saturated heterocycles. The maximum absolute atomic E-state index is 14.3. The topological polar surface area (TPSA) is 158 Å². The van der Waals surface area contributed by atoms with E-state index in [2.05, 4.69) is 38.3 Å². The van der Waals surface area contributed by atoms with E-state index in [0.29, 0.717) is 16.5 Å². The number of nitrogens with one attached hydrogen (secondary N) is 1. The minimum absolute atomic E-state index is 0.0315. The standard InChI is InChI=1S/C32H30N8O3S/c1-18-4-8-24(9-5-18)44(42,43)40-29-13-21(23-10-11-34-35-16-23)6-7-22(29)14-30(40)31(41)25-17-36-39(32(25)33)28-15-27-26(12-19(28)2)37-20(3)38-27/h4-17,19,28,31,41H,33H2,1-3H3,(H,37,38). The van der Waals surface area contributed by atoms with Crippen molar-refractivity contribution >= 4 is 38.9 Å². The number of aromatic nitrogens is 7. The molecule has 6 aromatic rings. The fraction of sp³-hybridized carbons (Fsp3) is 0.188. The van der Waals surface area contributed by atoms with Gasteiger partial charge in [0.15, 0.2) is 0 Å². The zero-order chi connectivity index (χ0) is 30.7. The van der Waals surface area contributed by atoms with Crippen LogP contribution in [0, 0.1) is 19.8 Å². The summed E-state index contributed by atoms with van der Waals surface area (Å²) in [4.78, 5) is 7.91. The Kier molecular flexibility index (Phi) is 6.48. The van der Waals surface area contributed by atoms with Crippen LogP contribution < -0.4 is 16.4 Å². The number of benzene rings is 2. The van der Waals surface area contributed by atoms with Crippen LogP contribution in [0.2, 0.25) is 0 Å². The molecule has 1 aliphatic carbocycles. The molecular formula is C32H30N8O3S. The molecule has 4 N–H and O–H groups in total. The van der Waals surface area contributed by atoms with Gasteiger partial charge in [0.25, 0.3) is 10.0 Å². The van der Waals surface area contributed by atoms with Crippen LogP contribution in [0.4, 0.5) is 5.82 Å². The Balaban J connectivity index is 1.38. The minimum atomic E-state index is -4.15. The summed E-state index contributed by atoms with van der Waals surface area (Å²) >= 11 is 0. The lowest BCUT2D eigenvalue weighted by Crippen LogP contribution is -2.34. The predicted octanol–water partition coefficient (Wildman–Crippen LogP) is 2.99. The van der Waals surface area contributed by atoms with Gasteiger partial charge in [-0.1, -0.05) is 42.8 Å². The first-order valence-electron chi connectivity index (χ1n) is 14.1. The highest BCUT2D eigenvalue weighted by atomic mass is 32.2. The van der Waals surface area contributed by atoms with E-state index >= 15 is 0 Å². The highest BCUT2D eigenvalue weighted by molar-refractivity contribution is 7.90. The van der Waals surface area contributed by atoms with E-state index < -0.39 is 16.1 Å². The number of H-pyrrole nitrogens is 1. The first-order valence-corrected chi connectivity index (χ1v) is 15.6. The molecule has 2 aromatic carbocycles. The molecular weight excluding hydrogens is 576 g/mol. The Morgan fingerprint density at radius 2 is 1.77 bits per heavy atom. The molecule has 222 valence electrons. The van der Waals surface area contributed by atoms with E-state index in [1.807, 2.05) is 32.1 Å². The van der Waals surface area contributed by atoms with Crippen LogP contribution in [0.1, 0.15) is 41.7 Å². The van der Waals surface area contributed by atoms with Crippen molar-refractivity contribution in [3.63, 3.8) is 0 Å². The molecule has 11 nitrogen and oxygen atoms in total. The molecule has 3 unspecified atom stereocenters. The van der Waals surface area contributed by atoms with Crippen molar-refractivity contribution in [2.24, 2.45) is 5.92 Å². The third kappa shape index (κ3) is 4.50. The average molecular weight is 607 g/mol. The Bertz CT molecular complexity index is 2270. The number of aromatic amines is 1. The first-order chi connectivity index (χ1) is 21.1. The number of fused-ring (bicyclic) bond motifs is 2. The Morgan fingerprint density at radius 3 is 2.52 bits per heavy atom. The highest BCUT2D eigenvalue weighted by Crippen LogP contribution is 2.37. The Hall–Kier alpha value is -5.07. The van der Waals surface area contributed by atoms with E-state index in [9.17, 15) is 13.5 Å². The molecule has 7 rings (SSSR count). The number of aliphatic hydroxyl groups is 1. The summed E-state index contributed by atoms with van der Waals surface area (Å²) in [7, 11) is -4.15. The van der Waals surface area contributed by atoms with Gasteiger partial charge in [-0.2, -0.15) is 15.3 Å². The molecule has 12 heteroatoms. The number of rotatable bonds is 6. The number of nitrogens with two attached hydrogens (primary N) is 1. The summed E-state index contributed by atoms with van der Waals surface area (Å²) in [5, 5.41) is 26.6. The van der Waals surface area contributed by atoms with E-state index in [1.165, 1.54) is 10.2 Å². The van der Waals surface area contributed by atoms with Crippen LogP contribution >= 0.6 is 0 Å². The highest BCUT2D eigenvalue weighted by Gasteiger charge is 2.31. The lowest BCUT2D eigenvalue weighted by Gasteiger charge is -2.22. The lowest BCUT2D eigenvalue weighted by atomic mass is 9.97. The van der Waals surface area contributed by atoms with E-state index in [4.69, 9.17) is 5.73 Å². The molecule has 0 bridgehead atoms. The number of hydrogen-bond acceptors (Lipinski definition) is 8. The van der Waals surface area contributed by atoms with Gasteiger partial charge >= 0.3 is 0 Å². The Labute approximate surface area is 253 Å². The largest absolute Gasteiger partial charge is 0.384 e. The van der Waals surface area contributed by atoms with Crippen molar-refractivity contribution < 1.29 is 13.5 Å². The minimum Gasteiger partial charge on any atom is -0.384 e. The predicted molar refractivity (Wildman–Crippen MR) is 167 cm³/mol. The fourth-order valence-corrected chi connectivity index (χ4v) is 7.39. The number of anilines is 1. The smallest absolute Gasteiger partial charge is 0.268 e. The summed E-state index contributed by atoms with van der Waals surface area (Å²) in [6.07, 6.45) is 7.38. The summed E-state index contributed by atoms with van der Waals surface area (Å²) in [5.74, 6) is 1.08. The van der Waals surface area contributed by atoms with Crippen LogP contribution in [0.25, 0.3) is 34.2 Å². The van der Waals surface area contributed by atoms with Crippen molar-refractivity contribution in [2.75, 3.05) is 5.73 Å². The zero-order valence-electron chi connectivity index (χ0n) is 24.2. The van der Waals surface area contributed by atoms with Gasteiger partial charge in [0.05, 0.1) is 51.4 Å². The number of nitrogens with zero attached hydrogens (tertiary/aromatic N) is 6. The summed E-state index contributed by atoms with van der Waals surface area (Å²) in [6.45, 7) is 5.85. The van der Waals surface area contributed by atoms with Crippen molar-refractivity contribution in [2.45, 2.75) is 37.8 Å². The maximum atomic E-state index is 14.3. The SMILES string of the molecule is Cc1ccc(S(=O)(=O)n2c(C(O)c3cnn(C4C=c5nc(C)[nH]c5=CC4C)c3N)cc3ccc(-c4ccnnc4)cc32)cc1. The number of nitrogen functional groups attached to an aromatic ring is 1. The van der Waals surface area contributed by atoms with Gasteiger partial charge in [0.1, 0.15) is 17.7 Å². The monoisotopic (exact) mass is 606 g/mol. The van der Waals surface area contributed by atoms with Crippen molar-refractivity contribution in [1.82, 2.24) is 33.9 Å². The summed E-state index contributed by atoms with van der Waals surface area (Å²) < 4.78 is 31.4. The molecule has 0 amide bonds. The van der Waals surface area contributed by atoms with Gasteiger partial charge in [-0.05, 0) is 55.8 Å². The third-order valence-electron chi connectivity index (χ3n) is 8.16. The third-order valence-corrected chi connectivity index (χ3v) is 9.92. The summed E-state index contributed by atoms with van der Waals surface area (Å²) in [5.41, 5.74) is 9.97. The van der Waals surface area contributed by atoms with Crippen molar-refractivity contribution in [1.29, 1.82) is 0 Å². The quantitative estimate of drug-likeness (QED) is 0.261. The fourth-order valence-electron chi connectivity index (χ4n) is 5.86.